The Kier molecular flexibility index (Phi) is 4.63. The molecule has 4 nitrogen and oxygen atoms in total. The second kappa shape index (κ2) is 6.22. The van der Waals surface area contributed by atoms with Crippen LogP contribution in [0.4, 0.5) is 0 Å². The fourth-order valence-corrected chi connectivity index (χ4v) is 2.75. The lowest BCUT2D eigenvalue weighted by molar-refractivity contribution is 0.643. The van der Waals surface area contributed by atoms with Gasteiger partial charge in [-0.15, -0.1) is 11.8 Å². The number of aryl methyl sites for hydroxylation is 1. The lowest BCUT2D eigenvalue weighted by Gasteiger charge is -2.11. The van der Waals surface area contributed by atoms with Gasteiger partial charge in [0.2, 0.25) is 0 Å². The van der Waals surface area contributed by atoms with E-state index in [0.29, 0.717) is 6.42 Å². The summed E-state index contributed by atoms with van der Waals surface area (Å²) in [6.45, 7) is 0. The quantitative estimate of drug-likeness (QED) is 0.854. The monoisotopic (exact) mass is 282 g/mol. The average Bonchev–Trinajstić information content (AvgIpc) is 2.74. The summed E-state index contributed by atoms with van der Waals surface area (Å²) in [6, 6.07) is 7.82. The second-order valence-electron chi connectivity index (χ2n) is 4.01. The first-order chi connectivity index (χ1) is 8.66. The van der Waals surface area contributed by atoms with Gasteiger partial charge in [-0.25, -0.2) is 4.98 Å². The van der Waals surface area contributed by atoms with Crippen molar-refractivity contribution < 1.29 is 0 Å². The zero-order chi connectivity index (χ0) is 13.0. The van der Waals surface area contributed by atoms with Crippen LogP contribution in [0.3, 0.4) is 0 Å². The molecule has 1 unspecified atom stereocenters. The third-order valence-electron chi connectivity index (χ3n) is 2.54. The maximum Gasteiger partial charge on any atom is 0.138 e. The molecule has 0 amide bonds. The van der Waals surface area contributed by atoms with E-state index in [2.05, 4.69) is 10.1 Å². The van der Waals surface area contributed by atoms with Crippen LogP contribution in [0.1, 0.15) is 5.82 Å². The van der Waals surface area contributed by atoms with E-state index in [1.807, 2.05) is 31.3 Å². The molecule has 1 aromatic heterocycles. The number of halogens is 1. The van der Waals surface area contributed by atoms with Crippen LogP contribution in [-0.2, 0) is 13.5 Å². The first kappa shape index (κ1) is 13.4. The predicted octanol–water partition coefficient (Wildman–Crippen LogP) is 2.13. The lowest BCUT2D eigenvalue weighted by Crippen LogP contribution is -2.27. The molecule has 2 N–H and O–H groups in total. The molecule has 2 aromatic rings. The van der Waals surface area contributed by atoms with Crippen molar-refractivity contribution in [1.82, 2.24) is 14.8 Å². The largest absolute Gasteiger partial charge is 0.327 e. The Bertz CT molecular complexity index is 514. The van der Waals surface area contributed by atoms with Crippen molar-refractivity contribution in [3.8, 4) is 0 Å². The lowest BCUT2D eigenvalue weighted by atomic mass is 10.2. The average molecular weight is 283 g/mol. The van der Waals surface area contributed by atoms with Gasteiger partial charge in [-0.05, 0) is 12.1 Å². The van der Waals surface area contributed by atoms with Crippen LogP contribution in [0, 0.1) is 0 Å². The summed E-state index contributed by atoms with van der Waals surface area (Å²) in [5.41, 5.74) is 6.09. The van der Waals surface area contributed by atoms with Crippen molar-refractivity contribution in [2.45, 2.75) is 17.4 Å². The van der Waals surface area contributed by atoms with Gasteiger partial charge in [0.1, 0.15) is 12.2 Å². The van der Waals surface area contributed by atoms with Gasteiger partial charge >= 0.3 is 0 Å². The summed E-state index contributed by atoms with van der Waals surface area (Å²) in [6.07, 6.45) is 2.26. The Hall–Kier alpha value is -1.04. The van der Waals surface area contributed by atoms with Crippen molar-refractivity contribution in [1.29, 1.82) is 0 Å². The Labute approximate surface area is 116 Å². The van der Waals surface area contributed by atoms with Gasteiger partial charge in [0, 0.05) is 30.2 Å². The molecule has 0 aliphatic rings. The molecule has 1 heterocycles. The maximum atomic E-state index is 6.09. The summed E-state index contributed by atoms with van der Waals surface area (Å²) < 4.78 is 1.75. The van der Waals surface area contributed by atoms with Crippen LogP contribution < -0.4 is 5.73 Å². The minimum absolute atomic E-state index is 0.0363. The Morgan fingerprint density at radius 3 is 2.89 bits per heavy atom. The molecule has 18 heavy (non-hydrogen) atoms. The summed E-state index contributed by atoms with van der Waals surface area (Å²) >= 11 is 7.76. The van der Waals surface area contributed by atoms with Crippen molar-refractivity contribution in [2.24, 2.45) is 12.8 Å². The highest BCUT2D eigenvalue weighted by atomic mass is 35.5. The third kappa shape index (κ3) is 3.48. The molecule has 0 radical (unpaired) electrons. The van der Waals surface area contributed by atoms with Gasteiger partial charge in [-0.3, -0.25) is 4.68 Å². The summed E-state index contributed by atoms with van der Waals surface area (Å²) in [5.74, 6) is 1.71. The molecule has 2 rings (SSSR count). The molecule has 0 saturated carbocycles. The van der Waals surface area contributed by atoms with E-state index in [1.54, 1.807) is 22.8 Å². The molecule has 0 saturated heterocycles. The highest BCUT2D eigenvalue weighted by molar-refractivity contribution is 7.99. The third-order valence-corrected chi connectivity index (χ3v) is 4.24. The zero-order valence-electron chi connectivity index (χ0n) is 10.1. The second-order valence-corrected chi connectivity index (χ2v) is 5.47. The topological polar surface area (TPSA) is 56.7 Å². The van der Waals surface area contributed by atoms with Gasteiger partial charge in [0.25, 0.3) is 0 Å². The van der Waals surface area contributed by atoms with Crippen molar-refractivity contribution in [3.05, 3.63) is 41.4 Å². The predicted molar refractivity (Wildman–Crippen MR) is 74.9 cm³/mol. The zero-order valence-corrected chi connectivity index (χ0v) is 11.7. The molecule has 1 aromatic carbocycles. The first-order valence-corrected chi connectivity index (χ1v) is 6.99. The highest BCUT2D eigenvalue weighted by Gasteiger charge is 2.10. The molecule has 1 atom stereocenters. The molecule has 0 fully saturated rings. The number of rotatable bonds is 5. The number of benzene rings is 1. The summed E-state index contributed by atoms with van der Waals surface area (Å²) in [5, 5.41) is 4.80. The molecule has 0 bridgehead atoms. The van der Waals surface area contributed by atoms with Crippen LogP contribution in [0.25, 0.3) is 0 Å². The Morgan fingerprint density at radius 1 is 1.44 bits per heavy atom. The summed E-state index contributed by atoms with van der Waals surface area (Å²) in [4.78, 5) is 5.23. The number of aromatic nitrogens is 3. The number of nitrogens with two attached hydrogens (primary N) is 1. The molecular formula is C12H15ClN4S. The number of hydrogen-bond acceptors (Lipinski definition) is 4. The number of thioether (sulfide) groups is 1. The van der Waals surface area contributed by atoms with Crippen LogP contribution >= 0.6 is 23.4 Å². The van der Waals surface area contributed by atoms with Crippen molar-refractivity contribution >= 4 is 23.4 Å². The highest BCUT2D eigenvalue weighted by Crippen LogP contribution is 2.26. The van der Waals surface area contributed by atoms with Crippen LogP contribution in [-0.4, -0.2) is 26.6 Å². The van der Waals surface area contributed by atoms with E-state index in [4.69, 9.17) is 17.3 Å². The molecule has 96 valence electrons. The van der Waals surface area contributed by atoms with E-state index >= 15 is 0 Å². The maximum absolute atomic E-state index is 6.09. The van der Waals surface area contributed by atoms with Gasteiger partial charge in [0.05, 0.1) is 5.02 Å². The molecular weight excluding hydrogens is 268 g/mol. The Balaban J connectivity index is 1.87. The van der Waals surface area contributed by atoms with Gasteiger partial charge in [-0.1, -0.05) is 23.7 Å². The van der Waals surface area contributed by atoms with E-state index < -0.39 is 0 Å². The van der Waals surface area contributed by atoms with Crippen molar-refractivity contribution in [3.63, 3.8) is 0 Å². The SMILES string of the molecule is Cn1ncnc1CC(N)CSc1ccccc1Cl. The van der Waals surface area contributed by atoms with Gasteiger partial charge < -0.3 is 5.73 Å². The van der Waals surface area contributed by atoms with E-state index in [1.165, 1.54) is 0 Å². The van der Waals surface area contributed by atoms with Crippen LogP contribution in [0.2, 0.25) is 5.02 Å². The standard InChI is InChI=1S/C12H15ClN4S/c1-17-12(15-8-16-17)6-9(14)7-18-11-5-3-2-4-10(11)13/h2-5,8-9H,6-7,14H2,1H3. The molecule has 0 aliphatic heterocycles. The van der Waals surface area contributed by atoms with Gasteiger partial charge in [0.15, 0.2) is 0 Å². The van der Waals surface area contributed by atoms with E-state index in [-0.39, 0.29) is 6.04 Å². The van der Waals surface area contributed by atoms with Crippen molar-refractivity contribution in [2.75, 3.05) is 5.75 Å². The number of nitrogens with zero attached hydrogens (tertiary/aromatic N) is 3. The van der Waals surface area contributed by atoms with Crippen LogP contribution in [0.15, 0.2) is 35.5 Å². The fourth-order valence-electron chi connectivity index (χ4n) is 1.56. The fraction of sp³-hybridized carbons (Fsp3) is 0.333. The molecule has 0 spiro atoms. The van der Waals surface area contributed by atoms with Crippen LogP contribution in [0.5, 0.6) is 0 Å². The van der Waals surface area contributed by atoms with E-state index in [0.717, 1.165) is 21.5 Å². The minimum Gasteiger partial charge on any atom is -0.327 e. The smallest absolute Gasteiger partial charge is 0.138 e. The number of hydrogen-bond donors (Lipinski definition) is 1. The van der Waals surface area contributed by atoms with Gasteiger partial charge in [-0.2, -0.15) is 5.10 Å². The Morgan fingerprint density at radius 2 is 2.22 bits per heavy atom. The summed E-state index contributed by atoms with van der Waals surface area (Å²) in [7, 11) is 1.87. The minimum atomic E-state index is 0.0363. The first-order valence-electron chi connectivity index (χ1n) is 5.62. The normalized spacial score (nSPS) is 12.6. The molecule has 0 aliphatic carbocycles. The van der Waals surface area contributed by atoms with E-state index in [9.17, 15) is 0 Å². The molecule has 6 heteroatoms.